The zero-order valence-electron chi connectivity index (χ0n) is 9.87. The standard InChI is InChI=1S/C11H16N4O2S/c12-10(18)9(8-4-13-6-14-8)15-3-1-2-7(5-15)11(16)17/h4,6-7,9H,1-3,5H2,(H2,12,18)(H,13,14)(H,16,17). The lowest BCUT2D eigenvalue weighted by atomic mass is 9.96. The van der Waals surface area contributed by atoms with Gasteiger partial charge in [-0.3, -0.25) is 9.69 Å². The molecule has 0 bridgehead atoms. The van der Waals surface area contributed by atoms with Crippen LogP contribution in [0.15, 0.2) is 12.5 Å². The summed E-state index contributed by atoms with van der Waals surface area (Å²) < 4.78 is 0. The van der Waals surface area contributed by atoms with Crippen LogP contribution < -0.4 is 5.73 Å². The first-order chi connectivity index (χ1) is 8.59. The molecular formula is C11H16N4O2S. The van der Waals surface area contributed by atoms with Crippen LogP contribution in [0.2, 0.25) is 0 Å². The quantitative estimate of drug-likeness (QED) is 0.690. The number of rotatable bonds is 4. The second-order valence-electron chi connectivity index (χ2n) is 4.48. The Hall–Kier alpha value is -1.47. The molecule has 0 aliphatic carbocycles. The fourth-order valence-electron chi connectivity index (χ4n) is 2.39. The first kappa shape index (κ1) is 13.0. The number of carboxylic acid groups (broad SMARTS) is 1. The van der Waals surface area contributed by atoms with E-state index in [-0.39, 0.29) is 12.0 Å². The van der Waals surface area contributed by atoms with Gasteiger partial charge < -0.3 is 15.8 Å². The number of nitrogens with two attached hydrogens (primary N) is 1. The number of nitrogens with one attached hydrogen (secondary N) is 1. The second kappa shape index (κ2) is 5.45. The van der Waals surface area contributed by atoms with Crippen molar-refractivity contribution in [3.05, 3.63) is 18.2 Å². The Bertz CT molecular complexity index is 434. The molecule has 2 heterocycles. The summed E-state index contributed by atoms with van der Waals surface area (Å²) in [5, 5.41) is 9.10. The average molecular weight is 268 g/mol. The van der Waals surface area contributed by atoms with Crippen LogP contribution in [0.1, 0.15) is 24.6 Å². The molecule has 2 unspecified atom stereocenters. The van der Waals surface area contributed by atoms with Gasteiger partial charge in [-0.2, -0.15) is 0 Å². The van der Waals surface area contributed by atoms with Crippen molar-refractivity contribution in [3.63, 3.8) is 0 Å². The summed E-state index contributed by atoms with van der Waals surface area (Å²) >= 11 is 5.09. The average Bonchev–Trinajstić information content (AvgIpc) is 2.82. The number of carboxylic acids is 1. The van der Waals surface area contributed by atoms with Crippen molar-refractivity contribution >= 4 is 23.2 Å². The van der Waals surface area contributed by atoms with Crippen LogP contribution in [0.25, 0.3) is 0 Å². The van der Waals surface area contributed by atoms with E-state index in [2.05, 4.69) is 9.97 Å². The number of aromatic nitrogens is 2. The SMILES string of the molecule is NC(=S)C(c1cnc[nH]1)N1CCCC(C(=O)O)C1. The molecule has 98 valence electrons. The van der Waals surface area contributed by atoms with E-state index in [0.29, 0.717) is 18.0 Å². The first-order valence-electron chi connectivity index (χ1n) is 5.84. The van der Waals surface area contributed by atoms with E-state index in [1.54, 1.807) is 12.5 Å². The zero-order chi connectivity index (χ0) is 13.1. The summed E-state index contributed by atoms with van der Waals surface area (Å²) in [7, 11) is 0. The van der Waals surface area contributed by atoms with E-state index in [4.69, 9.17) is 23.1 Å². The molecule has 6 nitrogen and oxygen atoms in total. The van der Waals surface area contributed by atoms with Gasteiger partial charge in [0.15, 0.2) is 0 Å². The number of imidazole rings is 1. The number of thiocarbonyl (C=S) groups is 1. The lowest BCUT2D eigenvalue weighted by Crippen LogP contribution is -2.44. The minimum Gasteiger partial charge on any atom is -0.481 e. The maximum atomic E-state index is 11.1. The molecule has 1 aliphatic heterocycles. The van der Waals surface area contributed by atoms with Crippen LogP contribution in [0.5, 0.6) is 0 Å². The van der Waals surface area contributed by atoms with Gasteiger partial charge in [0.05, 0.1) is 22.9 Å². The molecular weight excluding hydrogens is 252 g/mol. The minimum atomic E-state index is -0.758. The fourth-order valence-corrected chi connectivity index (χ4v) is 2.66. The Morgan fingerprint density at radius 3 is 3.06 bits per heavy atom. The molecule has 2 rings (SSSR count). The van der Waals surface area contributed by atoms with E-state index >= 15 is 0 Å². The van der Waals surface area contributed by atoms with Gasteiger partial charge in [0.1, 0.15) is 6.04 Å². The van der Waals surface area contributed by atoms with Crippen molar-refractivity contribution in [2.24, 2.45) is 11.7 Å². The van der Waals surface area contributed by atoms with Crippen LogP contribution in [0, 0.1) is 5.92 Å². The predicted octanol–water partition coefficient (Wildman–Crippen LogP) is 0.534. The Morgan fingerprint density at radius 2 is 2.50 bits per heavy atom. The maximum Gasteiger partial charge on any atom is 0.307 e. The summed E-state index contributed by atoms with van der Waals surface area (Å²) in [6.45, 7) is 1.27. The number of nitrogens with zero attached hydrogens (tertiary/aromatic N) is 2. The van der Waals surface area contributed by atoms with Gasteiger partial charge in [0, 0.05) is 12.7 Å². The summed E-state index contributed by atoms with van der Waals surface area (Å²) in [5.41, 5.74) is 6.59. The van der Waals surface area contributed by atoms with Gasteiger partial charge in [-0.15, -0.1) is 0 Å². The first-order valence-corrected chi connectivity index (χ1v) is 6.25. The third kappa shape index (κ3) is 2.68. The van der Waals surface area contributed by atoms with Crippen LogP contribution >= 0.6 is 12.2 Å². The highest BCUT2D eigenvalue weighted by molar-refractivity contribution is 7.80. The molecule has 18 heavy (non-hydrogen) atoms. The number of piperidine rings is 1. The fraction of sp³-hybridized carbons (Fsp3) is 0.545. The molecule has 1 aromatic heterocycles. The number of hydrogen-bond donors (Lipinski definition) is 3. The van der Waals surface area contributed by atoms with Gasteiger partial charge in [-0.25, -0.2) is 4.98 Å². The molecule has 0 aromatic carbocycles. The minimum absolute atomic E-state index is 0.260. The monoisotopic (exact) mass is 268 g/mol. The van der Waals surface area contributed by atoms with Crippen LogP contribution in [0.3, 0.4) is 0 Å². The lowest BCUT2D eigenvalue weighted by Gasteiger charge is -2.35. The molecule has 1 aromatic rings. The number of aromatic amines is 1. The molecule has 0 amide bonds. The van der Waals surface area contributed by atoms with Crippen molar-refractivity contribution in [1.82, 2.24) is 14.9 Å². The number of H-pyrrole nitrogens is 1. The van der Waals surface area contributed by atoms with Crippen molar-refractivity contribution in [1.29, 1.82) is 0 Å². The molecule has 0 radical (unpaired) electrons. The van der Waals surface area contributed by atoms with E-state index in [9.17, 15) is 4.79 Å². The van der Waals surface area contributed by atoms with Crippen LogP contribution in [-0.2, 0) is 4.79 Å². The molecule has 7 heteroatoms. The molecule has 4 N–H and O–H groups in total. The third-order valence-corrected chi connectivity index (χ3v) is 3.47. The van der Waals surface area contributed by atoms with Gasteiger partial charge in [0.25, 0.3) is 0 Å². The summed E-state index contributed by atoms with van der Waals surface area (Å²) in [5.74, 6) is -1.11. The van der Waals surface area contributed by atoms with E-state index in [1.165, 1.54) is 0 Å². The summed E-state index contributed by atoms with van der Waals surface area (Å²) in [4.78, 5) is 20.4. The molecule has 1 saturated heterocycles. The number of hydrogen-bond acceptors (Lipinski definition) is 4. The van der Waals surface area contributed by atoms with E-state index in [1.807, 2.05) is 4.90 Å². The Morgan fingerprint density at radius 1 is 1.72 bits per heavy atom. The molecule has 1 aliphatic rings. The van der Waals surface area contributed by atoms with Crippen LogP contribution in [0.4, 0.5) is 0 Å². The van der Waals surface area contributed by atoms with E-state index < -0.39 is 5.97 Å². The largest absolute Gasteiger partial charge is 0.481 e. The highest BCUT2D eigenvalue weighted by atomic mass is 32.1. The third-order valence-electron chi connectivity index (χ3n) is 3.25. The highest BCUT2D eigenvalue weighted by Gasteiger charge is 2.32. The lowest BCUT2D eigenvalue weighted by molar-refractivity contribution is -0.143. The van der Waals surface area contributed by atoms with Crippen LogP contribution in [-0.4, -0.2) is 44.0 Å². The maximum absolute atomic E-state index is 11.1. The predicted molar refractivity (Wildman–Crippen MR) is 70.0 cm³/mol. The smallest absolute Gasteiger partial charge is 0.307 e. The van der Waals surface area contributed by atoms with Gasteiger partial charge in [0.2, 0.25) is 0 Å². The van der Waals surface area contributed by atoms with Gasteiger partial charge >= 0.3 is 5.97 Å². The van der Waals surface area contributed by atoms with Crippen molar-refractivity contribution in [3.8, 4) is 0 Å². The summed E-state index contributed by atoms with van der Waals surface area (Å²) in [6.07, 6.45) is 4.79. The van der Waals surface area contributed by atoms with Gasteiger partial charge in [-0.05, 0) is 19.4 Å². The van der Waals surface area contributed by atoms with E-state index in [0.717, 1.165) is 18.7 Å². The second-order valence-corrected chi connectivity index (χ2v) is 4.96. The number of aliphatic carboxylic acids is 1. The Balaban J connectivity index is 2.16. The Labute approximate surface area is 110 Å². The normalized spacial score (nSPS) is 22.6. The molecule has 1 fully saturated rings. The summed E-state index contributed by atoms with van der Waals surface area (Å²) in [6, 6.07) is -0.260. The Kier molecular flexibility index (Phi) is 3.93. The molecule has 2 atom stereocenters. The van der Waals surface area contributed by atoms with Crippen molar-refractivity contribution < 1.29 is 9.90 Å². The van der Waals surface area contributed by atoms with Crippen molar-refractivity contribution in [2.75, 3.05) is 13.1 Å². The zero-order valence-corrected chi connectivity index (χ0v) is 10.7. The molecule has 0 saturated carbocycles. The highest BCUT2D eigenvalue weighted by Crippen LogP contribution is 2.26. The number of carbonyl (C=O) groups is 1. The topological polar surface area (TPSA) is 95.2 Å². The van der Waals surface area contributed by atoms with Crippen molar-refractivity contribution in [2.45, 2.75) is 18.9 Å². The number of likely N-dealkylation sites (tertiary alicyclic amines) is 1. The van der Waals surface area contributed by atoms with Gasteiger partial charge in [-0.1, -0.05) is 12.2 Å². The molecule has 0 spiro atoms.